The third-order valence-corrected chi connectivity index (χ3v) is 7.26. The van der Waals surface area contributed by atoms with Crippen molar-refractivity contribution in [2.75, 3.05) is 12.3 Å². The van der Waals surface area contributed by atoms with Gasteiger partial charge in [-0.05, 0) is 41.4 Å². The number of nitrogens with two attached hydrogens (primary N) is 1. The van der Waals surface area contributed by atoms with Crippen molar-refractivity contribution >= 4 is 27.3 Å². The summed E-state index contributed by atoms with van der Waals surface area (Å²) in [5.74, 6) is 0.318. The van der Waals surface area contributed by atoms with Crippen molar-refractivity contribution in [1.29, 1.82) is 0 Å². The Bertz CT molecular complexity index is 644. The first-order valence-corrected chi connectivity index (χ1v) is 8.82. The average Bonchev–Trinajstić information content (AvgIpc) is 2.73. The average molecular weight is 331 g/mol. The minimum atomic E-state index is -3.59. The number of nitrogen functional groups attached to an aromatic ring is 1. The molecular formula is C15H23ClN2O2S. The van der Waals surface area contributed by atoms with E-state index >= 15 is 0 Å². The molecule has 2 rings (SSSR count). The monoisotopic (exact) mass is 330 g/mol. The second kappa shape index (κ2) is 4.86. The van der Waals surface area contributed by atoms with Crippen LogP contribution in [0.1, 0.15) is 33.3 Å². The molecule has 6 heteroatoms. The Balaban J connectivity index is 2.17. The van der Waals surface area contributed by atoms with E-state index in [9.17, 15) is 8.42 Å². The molecule has 0 saturated heterocycles. The maximum atomic E-state index is 12.4. The SMILES string of the molecule is Cc1c(N)cc(S(=O)(=O)NCC2C(C)(C)C2(C)C)cc1Cl. The Morgan fingerprint density at radius 3 is 2.19 bits per heavy atom. The van der Waals surface area contributed by atoms with Crippen LogP contribution in [-0.4, -0.2) is 15.0 Å². The van der Waals surface area contributed by atoms with Crippen LogP contribution in [0.3, 0.4) is 0 Å². The van der Waals surface area contributed by atoms with Crippen molar-refractivity contribution in [3.8, 4) is 0 Å². The first kappa shape index (κ1) is 16.6. The van der Waals surface area contributed by atoms with Gasteiger partial charge in [0.2, 0.25) is 10.0 Å². The molecule has 0 bridgehead atoms. The van der Waals surface area contributed by atoms with Gasteiger partial charge in [0.15, 0.2) is 0 Å². The molecule has 118 valence electrons. The van der Waals surface area contributed by atoms with Gasteiger partial charge in [-0.15, -0.1) is 0 Å². The largest absolute Gasteiger partial charge is 0.398 e. The summed E-state index contributed by atoms with van der Waals surface area (Å²) in [4.78, 5) is 0.117. The Morgan fingerprint density at radius 2 is 1.76 bits per heavy atom. The van der Waals surface area contributed by atoms with Gasteiger partial charge in [-0.1, -0.05) is 39.3 Å². The van der Waals surface area contributed by atoms with E-state index in [2.05, 4.69) is 32.4 Å². The van der Waals surface area contributed by atoms with E-state index in [1.165, 1.54) is 12.1 Å². The molecule has 4 nitrogen and oxygen atoms in total. The zero-order valence-electron chi connectivity index (χ0n) is 13.1. The lowest BCUT2D eigenvalue weighted by atomic mass is 10.0. The fourth-order valence-corrected chi connectivity index (χ4v) is 4.35. The smallest absolute Gasteiger partial charge is 0.240 e. The predicted octanol–water partition coefficient (Wildman–Crippen LogP) is 3.19. The van der Waals surface area contributed by atoms with Gasteiger partial charge in [-0.2, -0.15) is 0 Å². The van der Waals surface area contributed by atoms with Crippen LogP contribution in [0, 0.1) is 23.7 Å². The third-order valence-electron chi connectivity index (χ3n) is 5.47. The van der Waals surface area contributed by atoms with Crippen LogP contribution >= 0.6 is 11.6 Å². The van der Waals surface area contributed by atoms with Gasteiger partial charge in [0.1, 0.15) is 0 Å². The normalized spacial score (nSPS) is 20.5. The number of benzene rings is 1. The predicted molar refractivity (Wildman–Crippen MR) is 86.8 cm³/mol. The molecular weight excluding hydrogens is 308 g/mol. The van der Waals surface area contributed by atoms with Crippen LogP contribution in [0.15, 0.2) is 17.0 Å². The molecule has 1 aromatic rings. The van der Waals surface area contributed by atoms with Crippen LogP contribution in [0.2, 0.25) is 5.02 Å². The van der Waals surface area contributed by atoms with E-state index < -0.39 is 10.0 Å². The Hall–Kier alpha value is -0.780. The molecule has 1 aliphatic carbocycles. The number of halogens is 1. The summed E-state index contributed by atoms with van der Waals surface area (Å²) in [7, 11) is -3.59. The summed E-state index contributed by atoms with van der Waals surface area (Å²) < 4.78 is 27.4. The van der Waals surface area contributed by atoms with Crippen LogP contribution in [0.25, 0.3) is 0 Å². The van der Waals surface area contributed by atoms with Gasteiger partial charge in [0.05, 0.1) is 4.90 Å². The molecule has 0 aliphatic heterocycles. The van der Waals surface area contributed by atoms with Gasteiger partial charge < -0.3 is 5.73 Å². The van der Waals surface area contributed by atoms with Crippen LogP contribution in [-0.2, 0) is 10.0 Å². The van der Waals surface area contributed by atoms with Crippen LogP contribution in [0.4, 0.5) is 5.69 Å². The van der Waals surface area contributed by atoms with Gasteiger partial charge in [0.25, 0.3) is 0 Å². The lowest BCUT2D eigenvalue weighted by Crippen LogP contribution is -2.27. The summed E-state index contributed by atoms with van der Waals surface area (Å²) >= 11 is 6.02. The van der Waals surface area contributed by atoms with E-state index in [4.69, 9.17) is 17.3 Å². The minimum Gasteiger partial charge on any atom is -0.398 e. The second-order valence-electron chi connectivity index (χ2n) is 6.97. The molecule has 1 fully saturated rings. The van der Waals surface area contributed by atoms with Crippen LogP contribution < -0.4 is 10.5 Å². The highest BCUT2D eigenvalue weighted by atomic mass is 35.5. The summed E-state index contributed by atoms with van der Waals surface area (Å²) in [6, 6.07) is 2.89. The molecule has 0 spiro atoms. The summed E-state index contributed by atoms with van der Waals surface area (Å²) in [6.45, 7) is 10.8. The molecule has 21 heavy (non-hydrogen) atoms. The number of anilines is 1. The van der Waals surface area contributed by atoms with E-state index in [0.717, 1.165) is 0 Å². The van der Waals surface area contributed by atoms with E-state index in [1.54, 1.807) is 6.92 Å². The molecule has 0 atom stereocenters. The maximum Gasteiger partial charge on any atom is 0.240 e. The highest BCUT2D eigenvalue weighted by Crippen LogP contribution is 2.67. The first-order valence-electron chi connectivity index (χ1n) is 6.96. The van der Waals surface area contributed by atoms with Crippen LogP contribution in [0.5, 0.6) is 0 Å². The Labute approximate surface area is 132 Å². The Morgan fingerprint density at radius 1 is 1.24 bits per heavy atom. The lowest BCUT2D eigenvalue weighted by Gasteiger charge is -2.10. The summed E-state index contributed by atoms with van der Waals surface area (Å²) in [5.41, 5.74) is 7.15. The van der Waals surface area contributed by atoms with E-state index in [-0.39, 0.29) is 15.7 Å². The first-order chi connectivity index (χ1) is 9.41. The van der Waals surface area contributed by atoms with Gasteiger partial charge in [-0.25, -0.2) is 13.1 Å². The zero-order chi connectivity index (χ0) is 16.2. The Kier molecular flexibility index (Phi) is 3.84. The van der Waals surface area contributed by atoms with E-state index in [1.807, 2.05) is 0 Å². The quantitative estimate of drug-likeness (QED) is 0.833. The number of nitrogens with one attached hydrogen (secondary N) is 1. The lowest BCUT2D eigenvalue weighted by molar-refractivity contribution is 0.457. The topological polar surface area (TPSA) is 72.2 Å². The second-order valence-corrected chi connectivity index (χ2v) is 9.14. The fourth-order valence-electron chi connectivity index (χ4n) is 2.95. The highest BCUT2D eigenvalue weighted by Gasteiger charge is 2.64. The third kappa shape index (κ3) is 2.67. The van der Waals surface area contributed by atoms with Gasteiger partial charge in [-0.3, -0.25) is 0 Å². The summed E-state index contributed by atoms with van der Waals surface area (Å²) in [5, 5.41) is 0.363. The molecule has 0 radical (unpaired) electrons. The number of hydrogen-bond donors (Lipinski definition) is 2. The van der Waals surface area contributed by atoms with Crippen molar-refractivity contribution in [3.63, 3.8) is 0 Å². The van der Waals surface area contributed by atoms with Crippen molar-refractivity contribution < 1.29 is 8.42 Å². The highest BCUT2D eigenvalue weighted by molar-refractivity contribution is 7.89. The van der Waals surface area contributed by atoms with Gasteiger partial charge in [0, 0.05) is 17.3 Å². The summed E-state index contributed by atoms with van der Waals surface area (Å²) in [6.07, 6.45) is 0. The molecule has 0 aromatic heterocycles. The van der Waals surface area contributed by atoms with Crippen molar-refractivity contribution in [2.24, 2.45) is 16.7 Å². The zero-order valence-corrected chi connectivity index (χ0v) is 14.7. The van der Waals surface area contributed by atoms with Crippen molar-refractivity contribution in [2.45, 2.75) is 39.5 Å². The number of sulfonamides is 1. The van der Waals surface area contributed by atoms with E-state index in [0.29, 0.717) is 28.7 Å². The molecule has 0 amide bonds. The molecule has 0 heterocycles. The maximum absolute atomic E-state index is 12.4. The van der Waals surface area contributed by atoms with Crippen molar-refractivity contribution in [1.82, 2.24) is 4.72 Å². The molecule has 0 unspecified atom stereocenters. The molecule has 3 N–H and O–H groups in total. The number of rotatable bonds is 4. The molecule has 1 aromatic carbocycles. The minimum absolute atomic E-state index is 0.117. The number of hydrogen-bond acceptors (Lipinski definition) is 3. The van der Waals surface area contributed by atoms with Crippen molar-refractivity contribution in [3.05, 3.63) is 22.7 Å². The van der Waals surface area contributed by atoms with Gasteiger partial charge >= 0.3 is 0 Å². The molecule has 1 aliphatic rings. The fraction of sp³-hybridized carbons (Fsp3) is 0.600. The molecule has 1 saturated carbocycles. The standard InChI is InChI=1S/C15H23ClN2O2S/c1-9-11(16)6-10(7-12(9)17)21(19,20)18-8-13-14(2,3)15(13,4)5/h6-7,13,18H,8,17H2,1-5H3.